The van der Waals surface area contributed by atoms with Gasteiger partial charge in [0.05, 0.1) is 12.0 Å². The number of aryl methyl sites for hydroxylation is 1. The van der Waals surface area contributed by atoms with E-state index in [0.29, 0.717) is 0 Å². The lowest BCUT2D eigenvalue weighted by Crippen LogP contribution is -2.36. The van der Waals surface area contributed by atoms with Crippen molar-refractivity contribution in [3.63, 3.8) is 0 Å². The van der Waals surface area contributed by atoms with Crippen LogP contribution in [0.2, 0.25) is 0 Å². The van der Waals surface area contributed by atoms with Crippen molar-refractivity contribution in [3.05, 3.63) is 42.5 Å². The van der Waals surface area contributed by atoms with Crippen LogP contribution < -0.4 is 0 Å². The highest BCUT2D eigenvalue weighted by atomic mass is 32.2. The molecule has 104 valence electrons. The molecule has 1 aromatic carbocycles. The Morgan fingerprint density at radius 3 is 2.42 bits per heavy atom. The minimum Gasteiger partial charge on any atom is -0.468 e. The lowest BCUT2D eigenvalue weighted by molar-refractivity contribution is -0.140. The van der Waals surface area contributed by atoms with Crippen molar-refractivity contribution in [2.75, 3.05) is 20.2 Å². The molecule has 0 spiro atoms. The first-order valence-electron chi connectivity index (χ1n) is 5.66. The van der Waals surface area contributed by atoms with Crippen LogP contribution in [0.1, 0.15) is 5.56 Å². The molecular formula is C13H17NO4S. The molecule has 0 bridgehead atoms. The Kier molecular flexibility index (Phi) is 5.26. The third kappa shape index (κ3) is 3.90. The standard InChI is InChI=1S/C13H17NO4S/c1-4-9-14(10-13(15)18-3)19(16,17)12-7-5-11(2)6-8-12/h4-8H,1,9-10H2,2-3H3. The largest absolute Gasteiger partial charge is 0.468 e. The summed E-state index contributed by atoms with van der Waals surface area (Å²) in [6.45, 7) is 5.08. The van der Waals surface area contributed by atoms with Crippen LogP contribution in [-0.4, -0.2) is 38.9 Å². The molecule has 0 aliphatic carbocycles. The topological polar surface area (TPSA) is 63.7 Å². The van der Waals surface area contributed by atoms with Gasteiger partial charge < -0.3 is 4.74 Å². The number of esters is 1. The third-order valence-electron chi connectivity index (χ3n) is 2.52. The Morgan fingerprint density at radius 1 is 1.37 bits per heavy atom. The number of nitrogens with zero attached hydrogens (tertiary/aromatic N) is 1. The van der Waals surface area contributed by atoms with Crippen molar-refractivity contribution >= 4 is 16.0 Å². The number of ether oxygens (including phenoxy) is 1. The normalized spacial score (nSPS) is 11.3. The molecule has 0 heterocycles. The predicted octanol–water partition coefficient (Wildman–Crippen LogP) is 1.34. The van der Waals surface area contributed by atoms with E-state index in [9.17, 15) is 13.2 Å². The van der Waals surface area contributed by atoms with Crippen LogP contribution >= 0.6 is 0 Å². The van der Waals surface area contributed by atoms with Gasteiger partial charge >= 0.3 is 5.97 Å². The third-order valence-corrected chi connectivity index (χ3v) is 4.35. The summed E-state index contributed by atoms with van der Waals surface area (Å²) in [6, 6.07) is 6.43. The highest BCUT2D eigenvalue weighted by Crippen LogP contribution is 2.16. The first-order chi connectivity index (χ1) is 8.91. The van der Waals surface area contributed by atoms with Crippen LogP contribution in [0, 0.1) is 6.92 Å². The zero-order valence-electron chi connectivity index (χ0n) is 11.0. The van der Waals surface area contributed by atoms with Crippen molar-refractivity contribution in [1.29, 1.82) is 0 Å². The maximum Gasteiger partial charge on any atom is 0.321 e. The van der Waals surface area contributed by atoms with Gasteiger partial charge in [0.2, 0.25) is 10.0 Å². The van der Waals surface area contributed by atoms with Crippen LogP contribution in [0.5, 0.6) is 0 Å². The average Bonchev–Trinajstić information content (AvgIpc) is 2.38. The van der Waals surface area contributed by atoms with Crippen molar-refractivity contribution < 1.29 is 17.9 Å². The SMILES string of the molecule is C=CCN(CC(=O)OC)S(=O)(=O)c1ccc(C)cc1. The summed E-state index contributed by atoms with van der Waals surface area (Å²) in [5, 5.41) is 0. The van der Waals surface area contributed by atoms with Crippen molar-refractivity contribution in [2.24, 2.45) is 0 Å². The molecule has 0 N–H and O–H groups in total. The van der Waals surface area contributed by atoms with E-state index in [1.54, 1.807) is 12.1 Å². The maximum absolute atomic E-state index is 12.4. The Bertz CT molecular complexity index is 549. The molecule has 5 nitrogen and oxygen atoms in total. The average molecular weight is 283 g/mol. The second-order valence-electron chi connectivity index (χ2n) is 3.98. The summed E-state index contributed by atoms with van der Waals surface area (Å²) >= 11 is 0. The summed E-state index contributed by atoms with van der Waals surface area (Å²) < 4.78 is 30.2. The van der Waals surface area contributed by atoms with E-state index in [4.69, 9.17) is 0 Å². The molecule has 0 aliphatic rings. The van der Waals surface area contributed by atoms with Crippen LogP contribution in [0.4, 0.5) is 0 Å². The number of benzene rings is 1. The first-order valence-corrected chi connectivity index (χ1v) is 7.10. The molecular weight excluding hydrogens is 266 g/mol. The molecule has 0 radical (unpaired) electrons. The summed E-state index contributed by atoms with van der Waals surface area (Å²) in [7, 11) is -2.51. The highest BCUT2D eigenvalue weighted by molar-refractivity contribution is 7.89. The number of hydrogen-bond donors (Lipinski definition) is 0. The van der Waals surface area contributed by atoms with Crippen molar-refractivity contribution in [3.8, 4) is 0 Å². The minimum absolute atomic E-state index is 0.0469. The summed E-state index contributed by atoms with van der Waals surface area (Å²) in [4.78, 5) is 11.4. The number of sulfonamides is 1. The predicted molar refractivity (Wildman–Crippen MR) is 72.2 cm³/mol. The zero-order valence-corrected chi connectivity index (χ0v) is 11.8. The highest BCUT2D eigenvalue weighted by Gasteiger charge is 2.25. The molecule has 0 amide bonds. The smallest absolute Gasteiger partial charge is 0.321 e. The molecule has 0 saturated heterocycles. The van der Waals surface area contributed by atoms with Gasteiger partial charge in [-0.15, -0.1) is 6.58 Å². The lowest BCUT2D eigenvalue weighted by atomic mass is 10.2. The number of carbonyl (C=O) groups is 1. The monoisotopic (exact) mass is 283 g/mol. The van der Waals surface area contributed by atoms with E-state index < -0.39 is 16.0 Å². The molecule has 0 fully saturated rings. The van der Waals surface area contributed by atoms with E-state index in [1.807, 2.05) is 6.92 Å². The molecule has 0 atom stereocenters. The fourth-order valence-corrected chi connectivity index (χ4v) is 2.81. The summed E-state index contributed by atoms with van der Waals surface area (Å²) in [5.74, 6) is -0.613. The van der Waals surface area contributed by atoms with Crippen molar-refractivity contribution in [2.45, 2.75) is 11.8 Å². The molecule has 1 rings (SSSR count). The van der Waals surface area contributed by atoms with Gasteiger partial charge in [0, 0.05) is 6.54 Å². The minimum atomic E-state index is -3.72. The van der Waals surface area contributed by atoms with Gasteiger partial charge in [0.15, 0.2) is 0 Å². The van der Waals surface area contributed by atoms with E-state index in [-0.39, 0.29) is 18.0 Å². The molecule has 1 aromatic rings. The summed E-state index contributed by atoms with van der Waals surface area (Å²) in [5.41, 5.74) is 0.960. The number of methoxy groups -OCH3 is 1. The van der Waals surface area contributed by atoms with Crippen LogP contribution in [0.3, 0.4) is 0 Å². The zero-order chi connectivity index (χ0) is 14.5. The molecule has 0 saturated carbocycles. The van der Waals surface area contributed by atoms with Gasteiger partial charge in [-0.25, -0.2) is 8.42 Å². The quantitative estimate of drug-likeness (QED) is 0.584. The van der Waals surface area contributed by atoms with Gasteiger partial charge in [-0.1, -0.05) is 23.8 Å². The van der Waals surface area contributed by atoms with E-state index >= 15 is 0 Å². The number of carbonyl (C=O) groups excluding carboxylic acids is 1. The van der Waals surface area contributed by atoms with Crippen LogP contribution in [0.15, 0.2) is 41.8 Å². The van der Waals surface area contributed by atoms with Crippen LogP contribution in [0.25, 0.3) is 0 Å². The maximum atomic E-state index is 12.4. The Hall–Kier alpha value is -1.66. The number of hydrogen-bond acceptors (Lipinski definition) is 4. The summed E-state index contributed by atoms with van der Waals surface area (Å²) in [6.07, 6.45) is 1.43. The van der Waals surface area contributed by atoms with Crippen LogP contribution in [-0.2, 0) is 19.6 Å². The molecule has 6 heteroatoms. The van der Waals surface area contributed by atoms with Gasteiger partial charge in [0.25, 0.3) is 0 Å². The fourth-order valence-electron chi connectivity index (χ4n) is 1.46. The molecule has 0 aromatic heterocycles. The second-order valence-corrected chi connectivity index (χ2v) is 5.91. The Morgan fingerprint density at radius 2 is 1.95 bits per heavy atom. The van der Waals surface area contributed by atoms with E-state index in [2.05, 4.69) is 11.3 Å². The van der Waals surface area contributed by atoms with Crippen molar-refractivity contribution in [1.82, 2.24) is 4.31 Å². The van der Waals surface area contributed by atoms with Gasteiger partial charge in [-0.2, -0.15) is 4.31 Å². The molecule has 0 aliphatic heterocycles. The Labute approximate surface area is 113 Å². The second kappa shape index (κ2) is 6.49. The van der Waals surface area contributed by atoms with E-state index in [0.717, 1.165) is 9.87 Å². The molecule has 0 unspecified atom stereocenters. The number of rotatable bonds is 6. The molecule has 19 heavy (non-hydrogen) atoms. The van der Waals surface area contributed by atoms with Gasteiger partial charge in [-0.05, 0) is 19.1 Å². The first kappa shape index (κ1) is 15.4. The fraction of sp³-hybridized carbons (Fsp3) is 0.308. The van der Waals surface area contributed by atoms with Gasteiger partial charge in [0.1, 0.15) is 6.54 Å². The lowest BCUT2D eigenvalue weighted by Gasteiger charge is -2.19. The van der Waals surface area contributed by atoms with Gasteiger partial charge in [-0.3, -0.25) is 4.79 Å². The Balaban J connectivity index is 3.08. The van der Waals surface area contributed by atoms with E-state index in [1.165, 1.54) is 25.3 Å².